The van der Waals surface area contributed by atoms with Crippen molar-refractivity contribution in [1.82, 2.24) is 24.9 Å². The predicted molar refractivity (Wildman–Crippen MR) is 132 cm³/mol. The summed E-state index contributed by atoms with van der Waals surface area (Å²) in [4.78, 5) is 10.3. The number of quaternary nitrogens is 1. The van der Waals surface area contributed by atoms with Gasteiger partial charge in [0.15, 0.2) is 0 Å². The third-order valence-corrected chi connectivity index (χ3v) is 7.36. The summed E-state index contributed by atoms with van der Waals surface area (Å²) in [5.41, 5.74) is 0. The van der Waals surface area contributed by atoms with E-state index >= 15 is 0 Å². The maximum atomic E-state index is 3.61. The molecule has 0 aliphatic carbocycles. The lowest BCUT2D eigenvalue weighted by atomic mass is 10.2. The summed E-state index contributed by atoms with van der Waals surface area (Å²) in [5.74, 6) is 0. The molecule has 0 amide bonds. The van der Waals surface area contributed by atoms with Crippen molar-refractivity contribution in [3.05, 3.63) is 0 Å². The Hall–Kier alpha value is -0.240. The molecule has 0 aromatic carbocycles. The molecular weight excluding hydrogens is 372 g/mol. The third kappa shape index (κ3) is 10.4. The Balaban J connectivity index is 2.34. The van der Waals surface area contributed by atoms with Crippen LogP contribution in [0.1, 0.15) is 60.8 Å². The molecule has 6 nitrogen and oxygen atoms in total. The number of hydrogen-bond acceptors (Lipinski definition) is 5. The number of nitrogens with zero attached hydrogens (tertiary/aromatic N) is 5. The largest absolute Gasteiger partial charge is 0.324 e. The van der Waals surface area contributed by atoms with Crippen LogP contribution in [0.2, 0.25) is 0 Å². The van der Waals surface area contributed by atoms with Gasteiger partial charge in [0.2, 0.25) is 0 Å². The van der Waals surface area contributed by atoms with E-state index in [-0.39, 0.29) is 0 Å². The number of nitrogens with one attached hydrogen (secondary N) is 1. The van der Waals surface area contributed by atoms with Gasteiger partial charge in [-0.1, -0.05) is 27.7 Å². The Labute approximate surface area is 189 Å². The Morgan fingerprint density at radius 1 is 0.667 bits per heavy atom. The standard InChI is InChI=1S/C24H55N6/c1-7-26(8-2)16-13-17-28-22-25-23-29(24-28)19-15-21-30(11-5,12-6)20-14-18-27(9-3)10-4/h25H,7-24H2,1-6H3/q+1. The lowest BCUT2D eigenvalue weighted by Crippen LogP contribution is -2.54. The molecule has 1 N–H and O–H groups in total. The van der Waals surface area contributed by atoms with E-state index in [9.17, 15) is 0 Å². The minimum Gasteiger partial charge on any atom is -0.324 e. The zero-order valence-electron chi connectivity index (χ0n) is 21.5. The second-order valence-electron chi connectivity index (χ2n) is 9.03. The molecule has 0 aromatic rings. The van der Waals surface area contributed by atoms with E-state index in [1.807, 2.05) is 0 Å². The Kier molecular flexibility index (Phi) is 15.2. The van der Waals surface area contributed by atoms with Gasteiger partial charge in [-0.15, -0.1) is 0 Å². The molecule has 1 heterocycles. The van der Waals surface area contributed by atoms with Gasteiger partial charge in [0.1, 0.15) is 0 Å². The van der Waals surface area contributed by atoms with Gasteiger partial charge < -0.3 is 14.3 Å². The summed E-state index contributed by atoms with van der Waals surface area (Å²) >= 11 is 0. The van der Waals surface area contributed by atoms with Crippen LogP contribution in [0.3, 0.4) is 0 Å². The molecule has 1 fully saturated rings. The van der Waals surface area contributed by atoms with Crippen LogP contribution in [0.15, 0.2) is 0 Å². The fraction of sp³-hybridized carbons (Fsp3) is 1.00. The molecule has 30 heavy (non-hydrogen) atoms. The van der Waals surface area contributed by atoms with E-state index in [1.54, 1.807) is 0 Å². The van der Waals surface area contributed by atoms with Crippen molar-refractivity contribution in [2.24, 2.45) is 0 Å². The van der Waals surface area contributed by atoms with Crippen molar-refractivity contribution in [1.29, 1.82) is 0 Å². The van der Waals surface area contributed by atoms with Crippen LogP contribution < -0.4 is 5.32 Å². The fourth-order valence-electron chi connectivity index (χ4n) is 4.87. The van der Waals surface area contributed by atoms with Crippen molar-refractivity contribution < 1.29 is 4.48 Å². The van der Waals surface area contributed by atoms with Gasteiger partial charge in [-0.25, -0.2) is 0 Å². The topological polar surface area (TPSA) is 25.0 Å². The average Bonchev–Trinajstić information content (AvgIpc) is 2.79. The van der Waals surface area contributed by atoms with Crippen molar-refractivity contribution in [3.8, 4) is 0 Å². The monoisotopic (exact) mass is 427 g/mol. The van der Waals surface area contributed by atoms with Crippen LogP contribution in [0, 0.1) is 0 Å². The Morgan fingerprint density at radius 2 is 1.13 bits per heavy atom. The van der Waals surface area contributed by atoms with Gasteiger partial charge in [-0.3, -0.25) is 15.1 Å². The first kappa shape index (κ1) is 27.8. The molecule has 0 atom stereocenters. The highest BCUT2D eigenvalue weighted by Crippen LogP contribution is 2.11. The zero-order chi connectivity index (χ0) is 22.2. The van der Waals surface area contributed by atoms with Crippen LogP contribution in [0.25, 0.3) is 0 Å². The molecule has 1 saturated heterocycles. The summed E-state index contributed by atoms with van der Waals surface area (Å²) in [6, 6.07) is 0. The molecule has 0 unspecified atom stereocenters. The number of rotatable bonds is 18. The molecule has 0 saturated carbocycles. The van der Waals surface area contributed by atoms with E-state index < -0.39 is 0 Å². The fourth-order valence-corrected chi connectivity index (χ4v) is 4.87. The van der Waals surface area contributed by atoms with Crippen LogP contribution in [-0.4, -0.2) is 123 Å². The van der Waals surface area contributed by atoms with Gasteiger partial charge in [0.05, 0.1) is 46.2 Å². The molecule has 1 rings (SSSR count). The van der Waals surface area contributed by atoms with E-state index in [0.29, 0.717) is 0 Å². The quantitative estimate of drug-likeness (QED) is 0.339. The number of hydrogen-bond donors (Lipinski definition) is 1. The first-order valence-electron chi connectivity index (χ1n) is 13.0. The van der Waals surface area contributed by atoms with E-state index in [2.05, 4.69) is 66.5 Å². The van der Waals surface area contributed by atoms with Crippen molar-refractivity contribution in [2.75, 3.05) is 98.5 Å². The summed E-state index contributed by atoms with van der Waals surface area (Å²) in [5, 5.41) is 3.61. The van der Waals surface area contributed by atoms with Crippen molar-refractivity contribution in [3.63, 3.8) is 0 Å². The summed E-state index contributed by atoms with van der Waals surface area (Å²) in [7, 11) is 0. The Morgan fingerprint density at radius 3 is 1.63 bits per heavy atom. The predicted octanol–water partition coefficient (Wildman–Crippen LogP) is 2.78. The molecule has 1 aliphatic heterocycles. The summed E-state index contributed by atoms with van der Waals surface area (Å²) in [6.07, 6.45) is 3.91. The maximum absolute atomic E-state index is 3.61. The van der Waals surface area contributed by atoms with Gasteiger partial charge in [0, 0.05) is 32.5 Å². The molecule has 0 bridgehead atoms. The molecule has 0 spiro atoms. The lowest BCUT2D eigenvalue weighted by Gasteiger charge is -2.39. The molecule has 180 valence electrons. The minimum absolute atomic E-state index is 1.05. The second-order valence-corrected chi connectivity index (χ2v) is 9.03. The van der Waals surface area contributed by atoms with Crippen LogP contribution in [-0.2, 0) is 0 Å². The highest BCUT2D eigenvalue weighted by molar-refractivity contribution is 4.67. The molecule has 1 aliphatic rings. The normalized spacial score (nSPS) is 16.8. The van der Waals surface area contributed by atoms with Crippen molar-refractivity contribution in [2.45, 2.75) is 60.8 Å². The van der Waals surface area contributed by atoms with Gasteiger partial charge in [0.25, 0.3) is 0 Å². The summed E-state index contributed by atoms with van der Waals surface area (Å²) in [6.45, 7) is 31.9. The minimum atomic E-state index is 1.05. The smallest absolute Gasteiger partial charge is 0.0798 e. The summed E-state index contributed by atoms with van der Waals surface area (Å²) < 4.78 is 1.29. The van der Waals surface area contributed by atoms with Crippen LogP contribution in [0.5, 0.6) is 0 Å². The molecule has 6 heteroatoms. The third-order valence-electron chi connectivity index (χ3n) is 7.36. The van der Waals surface area contributed by atoms with E-state index in [1.165, 1.54) is 102 Å². The Bertz CT molecular complexity index is 393. The SMILES string of the molecule is CCN(CC)CCCN1CNCN(CCC[N+](CC)(CC)CCCN(CC)CC)C1. The van der Waals surface area contributed by atoms with Crippen LogP contribution >= 0.6 is 0 Å². The first-order chi connectivity index (χ1) is 14.6. The van der Waals surface area contributed by atoms with Crippen LogP contribution in [0.4, 0.5) is 0 Å². The van der Waals surface area contributed by atoms with E-state index in [4.69, 9.17) is 0 Å². The molecular formula is C24H55N6+. The van der Waals surface area contributed by atoms with Gasteiger partial charge >= 0.3 is 0 Å². The van der Waals surface area contributed by atoms with Crippen molar-refractivity contribution >= 4 is 0 Å². The maximum Gasteiger partial charge on any atom is 0.0798 e. The second kappa shape index (κ2) is 16.4. The molecule has 0 radical (unpaired) electrons. The zero-order valence-corrected chi connectivity index (χ0v) is 21.5. The van der Waals surface area contributed by atoms with Gasteiger partial charge in [-0.2, -0.15) is 0 Å². The average molecular weight is 428 g/mol. The molecule has 0 aromatic heterocycles. The first-order valence-corrected chi connectivity index (χ1v) is 13.0. The highest BCUT2D eigenvalue weighted by Gasteiger charge is 2.24. The lowest BCUT2D eigenvalue weighted by molar-refractivity contribution is -0.925. The van der Waals surface area contributed by atoms with Gasteiger partial charge in [-0.05, 0) is 53.0 Å². The highest BCUT2D eigenvalue weighted by atomic mass is 15.4. The van der Waals surface area contributed by atoms with E-state index in [0.717, 1.165) is 20.0 Å².